The smallest absolute Gasteiger partial charge is 0.0934 e. The Morgan fingerprint density at radius 2 is 1.36 bits per heavy atom. The van der Waals surface area contributed by atoms with Gasteiger partial charge in [-0.25, -0.2) is 4.68 Å². The monoisotopic (exact) mass is 325 g/mol. The summed E-state index contributed by atoms with van der Waals surface area (Å²) in [4.78, 5) is 0. The van der Waals surface area contributed by atoms with Crippen LogP contribution < -0.4 is 5.73 Å². The van der Waals surface area contributed by atoms with Gasteiger partial charge in [0.1, 0.15) is 0 Å². The predicted molar refractivity (Wildman–Crippen MR) is 102 cm³/mol. The Bertz CT molecular complexity index is 898. The largest absolute Gasteiger partial charge is 0.326 e. The van der Waals surface area contributed by atoms with Gasteiger partial charge in [0.15, 0.2) is 0 Å². The van der Waals surface area contributed by atoms with E-state index >= 15 is 0 Å². The first kappa shape index (κ1) is 15.4. The zero-order chi connectivity index (χ0) is 17.1. The van der Waals surface area contributed by atoms with Crippen molar-refractivity contribution in [1.29, 1.82) is 0 Å². The number of para-hydroxylation sites is 1. The van der Waals surface area contributed by atoms with Crippen LogP contribution in [0.5, 0.6) is 0 Å². The third kappa shape index (κ3) is 3.10. The Morgan fingerprint density at radius 1 is 0.720 bits per heavy atom. The molecule has 0 aliphatic rings. The van der Waals surface area contributed by atoms with Gasteiger partial charge >= 0.3 is 0 Å². The third-order valence-electron chi connectivity index (χ3n) is 4.27. The lowest BCUT2D eigenvalue weighted by atomic mass is 10.1. The Hall–Kier alpha value is -3.17. The maximum Gasteiger partial charge on any atom is 0.0934 e. The van der Waals surface area contributed by atoms with Crippen molar-refractivity contribution in [3.8, 4) is 28.2 Å². The zero-order valence-corrected chi connectivity index (χ0v) is 13.8. The molecular formula is C22H19N3. The fourth-order valence-electron chi connectivity index (χ4n) is 2.91. The van der Waals surface area contributed by atoms with Crippen LogP contribution in [0.15, 0.2) is 91.0 Å². The molecule has 0 fully saturated rings. The van der Waals surface area contributed by atoms with E-state index in [1.807, 2.05) is 41.1 Å². The lowest BCUT2D eigenvalue weighted by Crippen LogP contribution is -1.99. The summed E-state index contributed by atoms with van der Waals surface area (Å²) in [5.41, 5.74) is 12.1. The summed E-state index contributed by atoms with van der Waals surface area (Å²) >= 11 is 0. The third-order valence-corrected chi connectivity index (χ3v) is 4.27. The van der Waals surface area contributed by atoms with Crippen LogP contribution in [0.3, 0.4) is 0 Å². The van der Waals surface area contributed by atoms with Gasteiger partial charge in [-0.1, -0.05) is 72.8 Å². The number of nitrogens with two attached hydrogens (primary N) is 1. The molecule has 0 aliphatic heterocycles. The van der Waals surface area contributed by atoms with Crippen molar-refractivity contribution in [1.82, 2.24) is 9.78 Å². The van der Waals surface area contributed by atoms with Crippen molar-refractivity contribution in [2.24, 2.45) is 5.73 Å². The summed E-state index contributed by atoms with van der Waals surface area (Å²) in [6.45, 7) is 0.550. The second kappa shape index (κ2) is 6.75. The molecule has 0 amide bonds. The summed E-state index contributed by atoms with van der Waals surface area (Å²) in [6, 6.07) is 31.0. The van der Waals surface area contributed by atoms with Crippen LogP contribution in [0.25, 0.3) is 28.2 Å². The first-order valence-corrected chi connectivity index (χ1v) is 8.35. The number of hydrogen-bond donors (Lipinski definition) is 1. The normalized spacial score (nSPS) is 10.8. The molecule has 2 N–H and O–H groups in total. The van der Waals surface area contributed by atoms with Gasteiger partial charge in [0.05, 0.1) is 17.1 Å². The Labute approximate surface area is 147 Å². The van der Waals surface area contributed by atoms with E-state index in [1.54, 1.807) is 0 Å². The Kier molecular flexibility index (Phi) is 4.15. The summed E-state index contributed by atoms with van der Waals surface area (Å²) < 4.78 is 2.00. The van der Waals surface area contributed by atoms with E-state index in [4.69, 9.17) is 10.8 Å². The topological polar surface area (TPSA) is 43.8 Å². The van der Waals surface area contributed by atoms with Crippen LogP contribution in [0.1, 0.15) is 5.56 Å². The number of aromatic nitrogens is 2. The van der Waals surface area contributed by atoms with Gasteiger partial charge in [-0.15, -0.1) is 0 Å². The maximum atomic E-state index is 5.70. The molecule has 122 valence electrons. The fraction of sp³-hybridized carbons (Fsp3) is 0.0455. The maximum absolute atomic E-state index is 5.70. The van der Waals surface area contributed by atoms with Crippen LogP contribution in [-0.4, -0.2) is 9.78 Å². The molecule has 1 aromatic heterocycles. The van der Waals surface area contributed by atoms with Gasteiger partial charge in [0.25, 0.3) is 0 Å². The van der Waals surface area contributed by atoms with Gasteiger partial charge in [-0.3, -0.25) is 0 Å². The summed E-state index contributed by atoms with van der Waals surface area (Å²) in [7, 11) is 0. The van der Waals surface area contributed by atoms with Crippen molar-refractivity contribution < 1.29 is 0 Å². The molecule has 1 heterocycles. The molecule has 3 aromatic carbocycles. The highest BCUT2D eigenvalue weighted by molar-refractivity contribution is 5.70. The van der Waals surface area contributed by atoms with Crippen molar-refractivity contribution in [3.05, 3.63) is 96.6 Å². The molecule has 4 rings (SSSR count). The van der Waals surface area contributed by atoms with E-state index < -0.39 is 0 Å². The van der Waals surface area contributed by atoms with E-state index in [0.717, 1.165) is 33.8 Å². The van der Waals surface area contributed by atoms with E-state index in [0.29, 0.717) is 6.54 Å². The van der Waals surface area contributed by atoms with Crippen LogP contribution in [0.4, 0.5) is 0 Å². The van der Waals surface area contributed by atoms with Crippen LogP contribution in [0, 0.1) is 0 Å². The molecule has 0 radical (unpaired) electrons. The molecule has 0 saturated heterocycles. The molecular weight excluding hydrogens is 306 g/mol. The van der Waals surface area contributed by atoms with Crippen molar-refractivity contribution in [3.63, 3.8) is 0 Å². The number of hydrogen-bond acceptors (Lipinski definition) is 2. The number of rotatable bonds is 4. The molecule has 0 bridgehead atoms. The van der Waals surface area contributed by atoms with Crippen molar-refractivity contribution in [2.45, 2.75) is 6.54 Å². The average Bonchev–Trinajstić information content (AvgIpc) is 3.15. The highest BCUT2D eigenvalue weighted by Crippen LogP contribution is 2.28. The minimum Gasteiger partial charge on any atom is -0.326 e. The average molecular weight is 325 g/mol. The molecule has 0 spiro atoms. The minimum absolute atomic E-state index is 0.550. The summed E-state index contributed by atoms with van der Waals surface area (Å²) in [5.74, 6) is 0. The molecule has 0 saturated carbocycles. The van der Waals surface area contributed by atoms with Crippen molar-refractivity contribution >= 4 is 0 Å². The first-order valence-electron chi connectivity index (χ1n) is 8.35. The van der Waals surface area contributed by atoms with Crippen LogP contribution in [0.2, 0.25) is 0 Å². The molecule has 0 atom stereocenters. The molecule has 0 aliphatic carbocycles. The Balaban J connectivity index is 1.86. The quantitative estimate of drug-likeness (QED) is 0.593. The molecule has 3 heteroatoms. The summed E-state index contributed by atoms with van der Waals surface area (Å²) in [6.07, 6.45) is 0. The molecule has 3 nitrogen and oxygen atoms in total. The van der Waals surface area contributed by atoms with E-state index in [-0.39, 0.29) is 0 Å². The number of benzene rings is 3. The van der Waals surface area contributed by atoms with Gasteiger partial charge in [0.2, 0.25) is 0 Å². The lowest BCUT2D eigenvalue weighted by molar-refractivity contribution is 0.892. The van der Waals surface area contributed by atoms with Gasteiger partial charge < -0.3 is 5.73 Å². The van der Waals surface area contributed by atoms with E-state index in [2.05, 4.69) is 54.6 Å². The van der Waals surface area contributed by atoms with Gasteiger partial charge in [0, 0.05) is 17.7 Å². The predicted octanol–water partition coefficient (Wildman–Crippen LogP) is 4.67. The highest BCUT2D eigenvalue weighted by atomic mass is 15.3. The van der Waals surface area contributed by atoms with Crippen LogP contribution >= 0.6 is 0 Å². The second-order valence-electron chi connectivity index (χ2n) is 5.93. The number of nitrogens with zero attached hydrogens (tertiary/aromatic N) is 2. The molecule has 4 aromatic rings. The van der Waals surface area contributed by atoms with Crippen molar-refractivity contribution in [2.75, 3.05) is 0 Å². The summed E-state index contributed by atoms with van der Waals surface area (Å²) in [5, 5.41) is 4.87. The first-order chi connectivity index (χ1) is 12.3. The van der Waals surface area contributed by atoms with E-state index in [9.17, 15) is 0 Å². The standard InChI is InChI=1S/C22H19N3/c23-16-17-11-13-18(14-12-17)21-15-22(19-7-3-1-4-8-19)25(24-21)20-9-5-2-6-10-20/h1-15H,16,23H2. The zero-order valence-electron chi connectivity index (χ0n) is 13.8. The molecule has 25 heavy (non-hydrogen) atoms. The lowest BCUT2D eigenvalue weighted by Gasteiger charge is -2.07. The second-order valence-corrected chi connectivity index (χ2v) is 5.93. The van der Waals surface area contributed by atoms with E-state index in [1.165, 1.54) is 0 Å². The highest BCUT2D eigenvalue weighted by Gasteiger charge is 2.12. The van der Waals surface area contributed by atoms with Crippen LogP contribution in [-0.2, 0) is 6.54 Å². The van der Waals surface area contributed by atoms with Gasteiger partial charge in [-0.2, -0.15) is 5.10 Å². The SMILES string of the molecule is NCc1ccc(-c2cc(-c3ccccc3)n(-c3ccccc3)n2)cc1. The Morgan fingerprint density at radius 3 is 2.00 bits per heavy atom. The van der Waals surface area contributed by atoms with Gasteiger partial charge in [-0.05, 0) is 23.8 Å². The fourth-order valence-corrected chi connectivity index (χ4v) is 2.91. The molecule has 0 unspecified atom stereocenters. The minimum atomic E-state index is 0.550.